The topological polar surface area (TPSA) is 88.8 Å². The highest BCUT2D eigenvalue weighted by molar-refractivity contribution is 9.10. The molecule has 118 valence electrons. The molecule has 3 aromatic rings. The maximum absolute atomic E-state index is 9.62. The van der Waals surface area contributed by atoms with Crippen molar-refractivity contribution in [3.05, 3.63) is 34.9 Å². The van der Waals surface area contributed by atoms with Crippen molar-refractivity contribution < 1.29 is 5.11 Å². The molecular formula is C15H15BrN6O. The number of hydrogen-bond donors (Lipinski definition) is 2. The van der Waals surface area contributed by atoms with Crippen LogP contribution in [0.5, 0.6) is 0 Å². The molecule has 2 heterocycles. The first-order valence-corrected chi connectivity index (χ1v) is 8.27. The van der Waals surface area contributed by atoms with Crippen LogP contribution in [0, 0.1) is 0 Å². The van der Waals surface area contributed by atoms with Crippen molar-refractivity contribution in [1.29, 1.82) is 0 Å². The van der Waals surface area contributed by atoms with Crippen molar-refractivity contribution in [2.75, 3.05) is 5.32 Å². The number of aromatic nitrogens is 5. The second-order valence-corrected chi connectivity index (χ2v) is 6.60. The Morgan fingerprint density at radius 1 is 1.22 bits per heavy atom. The molecule has 1 fully saturated rings. The van der Waals surface area contributed by atoms with E-state index in [0.29, 0.717) is 17.1 Å². The largest absolute Gasteiger partial charge is 0.393 e. The van der Waals surface area contributed by atoms with Crippen LogP contribution in [0.4, 0.5) is 5.95 Å². The molecule has 1 aliphatic carbocycles. The van der Waals surface area contributed by atoms with Gasteiger partial charge in [-0.2, -0.15) is 9.67 Å². The normalized spacial score (nSPS) is 21.0. The summed E-state index contributed by atoms with van der Waals surface area (Å²) in [7, 11) is 0. The molecule has 0 bridgehead atoms. The molecule has 4 rings (SSSR count). The molecule has 0 aliphatic heterocycles. The number of benzene rings is 1. The molecule has 8 heteroatoms. The van der Waals surface area contributed by atoms with E-state index in [0.717, 1.165) is 29.4 Å². The lowest BCUT2D eigenvalue weighted by molar-refractivity contribution is 0.182. The fourth-order valence-electron chi connectivity index (χ4n) is 2.83. The van der Waals surface area contributed by atoms with E-state index < -0.39 is 0 Å². The minimum Gasteiger partial charge on any atom is -0.393 e. The number of anilines is 1. The summed E-state index contributed by atoms with van der Waals surface area (Å²) in [5, 5.41) is 21.2. The highest BCUT2D eigenvalue weighted by Crippen LogP contribution is 2.22. The van der Waals surface area contributed by atoms with Crippen molar-refractivity contribution in [1.82, 2.24) is 25.0 Å². The van der Waals surface area contributed by atoms with Crippen molar-refractivity contribution >= 4 is 33.0 Å². The summed E-state index contributed by atoms with van der Waals surface area (Å²) in [5.74, 6) is 0.539. The molecule has 2 aromatic heterocycles. The molecule has 0 saturated heterocycles. The summed E-state index contributed by atoms with van der Waals surface area (Å²) in [4.78, 5) is 8.83. The van der Waals surface area contributed by atoms with Crippen LogP contribution in [-0.4, -0.2) is 42.2 Å². The molecule has 2 N–H and O–H groups in total. The van der Waals surface area contributed by atoms with Gasteiger partial charge in [-0.25, -0.2) is 4.98 Å². The summed E-state index contributed by atoms with van der Waals surface area (Å²) < 4.78 is 2.69. The number of nitrogens with zero attached hydrogens (tertiary/aromatic N) is 5. The van der Waals surface area contributed by atoms with Gasteiger partial charge in [0.2, 0.25) is 5.95 Å². The Morgan fingerprint density at radius 2 is 2.04 bits per heavy atom. The maximum atomic E-state index is 9.62. The lowest BCUT2D eigenvalue weighted by Crippen LogP contribution is -2.18. The molecule has 1 aliphatic rings. The van der Waals surface area contributed by atoms with Crippen LogP contribution in [0.3, 0.4) is 0 Å². The van der Waals surface area contributed by atoms with Crippen LogP contribution < -0.4 is 5.32 Å². The number of aliphatic hydroxyl groups is 1. The Bertz CT molecular complexity index is 834. The van der Waals surface area contributed by atoms with Gasteiger partial charge in [-0.05, 0) is 43.5 Å². The first-order chi connectivity index (χ1) is 11.2. The molecule has 7 nitrogen and oxygen atoms in total. The van der Waals surface area contributed by atoms with Gasteiger partial charge in [0, 0.05) is 10.5 Å². The smallest absolute Gasteiger partial charge is 0.225 e. The summed E-state index contributed by atoms with van der Waals surface area (Å²) in [6.45, 7) is 0. The third-order valence-corrected chi connectivity index (χ3v) is 4.53. The summed E-state index contributed by atoms with van der Waals surface area (Å²) in [6.07, 6.45) is 3.90. The Balaban J connectivity index is 1.67. The first kappa shape index (κ1) is 14.5. The standard InChI is InChI=1S/C15H15BrN6O/c16-9-1-4-11(5-2-9)22-14-13(20-21-22)8-17-15(19-14)18-10-3-6-12(23)7-10/h1-2,4-5,8,10,12,23H,3,6-7H2,(H,17,18,19). The predicted molar refractivity (Wildman–Crippen MR) is 89.4 cm³/mol. The molecule has 1 aromatic carbocycles. The fourth-order valence-corrected chi connectivity index (χ4v) is 3.09. The van der Waals surface area contributed by atoms with E-state index in [1.54, 1.807) is 10.9 Å². The van der Waals surface area contributed by atoms with Crippen LogP contribution in [0.25, 0.3) is 16.9 Å². The second-order valence-electron chi connectivity index (χ2n) is 5.69. The highest BCUT2D eigenvalue weighted by atomic mass is 79.9. The minimum absolute atomic E-state index is 0.208. The molecule has 1 saturated carbocycles. The van der Waals surface area contributed by atoms with Crippen molar-refractivity contribution in [3.63, 3.8) is 0 Å². The van der Waals surface area contributed by atoms with Gasteiger partial charge in [-0.3, -0.25) is 0 Å². The Kier molecular flexibility index (Phi) is 3.70. The van der Waals surface area contributed by atoms with Gasteiger partial charge in [0.25, 0.3) is 0 Å². The van der Waals surface area contributed by atoms with Crippen LogP contribution in [-0.2, 0) is 0 Å². The Morgan fingerprint density at radius 3 is 2.78 bits per heavy atom. The van der Waals surface area contributed by atoms with E-state index >= 15 is 0 Å². The number of halogens is 1. The number of nitrogens with one attached hydrogen (secondary N) is 1. The average molecular weight is 375 g/mol. The Labute approximate surface area is 140 Å². The first-order valence-electron chi connectivity index (χ1n) is 7.48. The second kappa shape index (κ2) is 5.86. The summed E-state index contributed by atoms with van der Waals surface area (Å²) >= 11 is 3.42. The van der Waals surface area contributed by atoms with Gasteiger partial charge in [0.1, 0.15) is 0 Å². The molecule has 0 amide bonds. The molecule has 23 heavy (non-hydrogen) atoms. The number of aliphatic hydroxyl groups excluding tert-OH is 1. The van der Waals surface area contributed by atoms with Crippen LogP contribution in [0.1, 0.15) is 19.3 Å². The summed E-state index contributed by atoms with van der Waals surface area (Å²) in [5.41, 5.74) is 2.19. The van der Waals surface area contributed by atoms with Crippen LogP contribution in [0.2, 0.25) is 0 Å². The van der Waals surface area contributed by atoms with Crippen molar-refractivity contribution in [2.24, 2.45) is 0 Å². The van der Waals surface area contributed by atoms with E-state index in [9.17, 15) is 5.11 Å². The van der Waals surface area contributed by atoms with Gasteiger partial charge in [-0.15, -0.1) is 5.10 Å². The van der Waals surface area contributed by atoms with E-state index in [-0.39, 0.29) is 12.1 Å². The lowest BCUT2D eigenvalue weighted by atomic mass is 10.2. The third kappa shape index (κ3) is 2.91. The van der Waals surface area contributed by atoms with Gasteiger partial charge in [0.15, 0.2) is 11.2 Å². The number of hydrogen-bond acceptors (Lipinski definition) is 6. The van der Waals surface area contributed by atoms with Gasteiger partial charge in [0.05, 0.1) is 18.0 Å². The predicted octanol–water partition coefficient (Wildman–Crippen LogP) is 2.30. The van der Waals surface area contributed by atoms with Gasteiger partial charge in [-0.1, -0.05) is 21.1 Å². The molecule has 0 spiro atoms. The Hall–Kier alpha value is -2.06. The monoisotopic (exact) mass is 374 g/mol. The highest BCUT2D eigenvalue weighted by Gasteiger charge is 2.23. The lowest BCUT2D eigenvalue weighted by Gasteiger charge is -2.11. The van der Waals surface area contributed by atoms with Gasteiger partial charge < -0.3 is 10.4 Å². The molecule has 2 atom stereocenters. The molecule has 0 radical (unpaired) electrons. The van der Waals surface area contributed by atoms with E-state index in [2.05, 4.69) is 41.5 Å². The molecular weight excluding hydrogens is 360 g/mol. The van der Waals surface area contributed by atoms with Crippen molar-refractivity contribution in [2.45, 2.75) is 31.4 Å². The van der Waals surface area contributed by atoms with E-state index in [4.69, 9.17) is 0 Å². The quantitative estimate of drug-likeness (QED) is 0.730. The zero-order chi connectivity index (χ0) is 15.8. The fraction of sp³-hybridized carbons (Fsp3) is 0.333. The maximum Gasteiger partial charge on any atom is 0.225 e. The average Bonchev–Trinajstić information content (AvgIpc) is 3.14. The number of fused-ring (bicyclic) bond motifs is 1. The number of rotatable bonds is 3. The van der Waals surface area contributed by atoms with Crippen molar-refractivity contribution in [3.8, 4) is 5.69 Å². The summed E-state index contributed by atoms with van der Waals surface area (Å²) in [6, 6.07) is 7.99. The van der Waals surface area contributed by atoms with Crippen LogP contribution >= 0.6 is 15.9 Å². The van der Waals surface area contributed by atoms with E-state index in [1.807, 2.05) is 24.3 Å². The third-order valence-electron chi connectivity index (χ3n) is 4.00. The van der Waals surface area contributed by atoms with Gasteiger partial charge >= 0.3 is 0 Å². The van der Waals surface area contributed by atoms with E-state index in [1.165, 1.54) is 0 Å². The zero-order valence-corrected chi connectivity index (χ0v) is 13.8. The van der Waals surface area contributed by atoms with Crippen LogP contribution in [0.15, 0.2) is 34.9 Å². The molecule has 2 unspecified atom stereocenters. The zero-order valence-electron chi connectivity index (χ0n) is 12.2. The SMILES string of the molecule is OC1CCC(Nc2ncc3nnn(-c4ccc(Br)cc4)c3n2)C1. The minimum atomic E-state index is -0.230.